The van der Waals surface area contributed by atoms with Gasteiger partial charge in [0.2, 0.25) is 0 Å². The Labute approximate surface area is 167 Å². The van der Waals surface area contributed by atoms with Crippen molar-refractivity contribution in [3.63, 3.8) is 0 Å². The molecular formula is C18H21N3O4S2. The van der Waals surface area contributed by atoms with Gasteiger partial charge in [-0.25, -0.2) is 9.59 Å². The normalized spacial score (nSPS) is 10.2. The van der Waals surface area contributed by atoms with Crippen molar-refractivity contribution in [2.24, 2.45) is 0 Å². The molecule has 7 nitrogen and oxygen atoms in total. The highest BCUT2D eigenvalue weighted by molar-refractivity contribution is 7.80. The number of hydrogen-bond donors (Lipinski definition) is 2. The number of ether oxygens (including phenoxy) is 2. The lowest BCUT2D eigenvalue weighted by Gasteiger charge is -2.11. The molecule has 2 aromatic rings. The van der Waals surface area contributed by atoms with E-state index >= 15 is 0 Å². The summed E-state index contributed by atoms with van der Waals surface area (Å²) in [4.78, 5) is 28.9. The third-order valence-corrected chi connectivity index (χ3v) is 4.92. The first kappa shape index (κ1) is 20.8. The number of aromatic nitrogens is 1. The molecule has 0 aromatic carbocycles. The van der Waals surface area contributed by atoms with E-state index in [1.165, 1.54) is 0 Å². The van der Waals surface area contributed by atoms with Gasteiger partial charge >= 0.3 is 11.9 Å². The van der Waals surface area contributed by atoms with Gasteiger partial charge in [0.25, 0.3) is 0 Å². The molecule has 0 amide bonds. The van der Waals surface area contributed by atoms with Crippen molar-refractivity contribution in [2.75, 3.05) is 18.5 Å². The van der Waals surface area contributed by atoms with E-state index in [1.54, 1.807) is 33.2 Å². The number of thiophene rings is 1. The second-order valence-corrected chi connectivity index (χ2v) is 6.80. The van der Waals surface area contributed by atoms with Crippen LogP contribution in [0.1, 0.15) is 45.0 Å². The smallest absolute Gasteiger partial charge is 0.348 e. The van der Waals surface area contributed by atoms with Crippen LogP contribution in [0.3, 0.4) is 0 Å². The van der Waals surface area contributed by atoms with E-state index in [2.05, 4.69) is 15.6 Å². The summed E-state index contributed by atoms with van der Waals surface area (Å²) in [6.07, 6.45) is 3.42. The van der Waals surface area contributed by atoms with Gasteiger partial charge in [0.1, 0.15) is 9.88 Å². The zero-order valence-corrected chi connectivity index (χ0v) is 17.0. The van der Waals surface area contributed by atoms with Crippen molar-refractivity contribution in [1.29, 1.82) is 0 Å². The van der Waals surface area contributed by atoms with Crippen molar-refractivity contribution in [3.8, 4) is 0 Å². The maximum Gasteiger partial charge on any atom is 0.348 e. The van der Waals surface area contributed by atoms with Gasteiger partial charge in [-0.1, -0.05) is 6.07 Å². The molecule has 2 aromatic heterocycles. The van der Waals surface area contributed by atoms with Crippen LogP contribution in [0, 0.1) is 6.92 Å². The SMILES string of the molecule is CCOC(=O)c1sc(NC(=S)NCc2cccnc2)c(C(=O)OCC)c1C. The number of nitrogens with one attached hydrogen (secondary N) is 2. The van der Waals surface area contributed by atoms with Gasteiger partial charge in [-0.3, -0.25) is 4.98 Å². The summed E-state index contributed by atoms with van der Waals surface area (Å²) in [5, 5.41) is 6.80. The molecule has 0 unspecified atom stereocenters. The van der Waals surface area contributed by atoms with Crippen molar-refractivity contribution >= 4 is 45.6 Å². The van der Waals surface area contributed by atoms with Crippen molar-refractivity contribution in [1.82, 2.24) is 10.3 Å². The molecule has 0 saturated carbocycles. The quantitative estimate of drug-likeness (QED) is 0.534. The van der Waals surface area contributed by atoms with E-state index < -0.39 is 11.9 Å². The van der Waals surface area contributed by atoms with Gasteiger partial charge in [-0.05, 0) is 50.2 Å². The average Bonchev–Trinajstić information content (AvgIpc) is 2.97. The number of nitrogens with zero attached hydrogens (tertiary/aromatic N) is 1. The first-order chi connectivity index (χ1) is 13.0. The molecule has 0 atom stereocenters. The Kier molecular flexibility index (Phi) is 7.68. The van der Waals surface area contributed by atoms with Gasteiger partial charge in [-0.2, -0.15) is 0 Å². The number of carbonyl (C=O) groups excluding carboxylic acids is 2. The first-order valence-electron chi connectivity index (χ1n) is 8.39. The Morgan fingerprint density at radius 1 is 1.22 bits per heavy atom. The van der Waals surface area contributed by atoms with Gasteiger partial charge in [-0.15, -0.1) is 11.3 Å². The monoisotopic (exact) mass is 407 g/mol. The zero-order valence-electron chi connectivity index (χ0n) is 15.3. The minimum atomic E-state index is -0.514. The Balaban J connectivity index is 2.20. The van der Waals surface area contributed by atoms with Crippen molar-refractivity contribution in [2.45, 2.75) is 27.3 Å². The highest BCUT2D eigenvalue weighted by atomic mass is 32.1. The van der Waals surface area contributed by atoms with E-state index in [0.29, 0.717) is 27.1 Å². The van der Waals surface area contributed by atoms with E-state index in [4.69, 9.17) is 21.7 Å². The van der Waals surface area contributed by atoms with Crippen molar-refractivity contribution in [3.05, 3.63) is 46.1 Å². The van der Waals surface area contributed by atoms with Crippen LogP contribution in [-0.4, -0.2) is 35.2 Å². The molecule has 27 heavy (non-hydrogen) atoms. The van der Waals surface area contributed by atoms with Gasteiger partial charge in [0.05, 0.1) is 18.8 Å². The Morgan fingerprint density at radius 3 is 2.56 bits per heavy atom. The molecule has 2 rings (SSSR count). The standard InChI is InChI=1S/C18H21N3O4S2/c1-4-24-16(22)13-11(3)14(17(23)25-5-2)27-15(13)21-18(26)20-10-12-7-6-8-19-9-12/h6-9H,4-5,10H2,1-3H3,(H2,20,21,26). The molecule has 0 radical (unpaired) electrons. The van der Waals surface area contributed by atoms with Crippen LogP contribution in [0.4, 0.5) is 5.00 Å². The molecule has 0 aliphatic heterocycles. The highest BCUT2D eigenvalue weighted by Crippen LogP contribution is 2.34. The number of esters is 2. The lowest BCUT2D eigenvalue weighted by atomic mass is 10.1. The number of anilines is 1. The molecule has 2 N–H and O–H groups in total. The third-order valence-electron chi connectivity index (χ3n) is 3.49. The summed E-state index contributed by atoms with van der Waals surface area (Å²) in [6, 6.07) is 3.75. The van der Waals surface area contributed by atoms with Gasteiger partial charge in [0.15, 0.2) is 5.11 Å². The molecule has 0 aliphatic carbocycles. The summed E-state index contributed by atoms with van der Waals surface area (Å²) in [7, 11) is 0. The largest absolute Gasteiger partial charge is 0.462 e. The predicted molar refractivity (Wildman–Crippen MR) is 108 cm³/mol. The highest BCUT2D eigenvalue weighted by Gasteiger charge is 2.26. The second kappa shape index (κ2) is 9.98. The summed E-state index contributed by atoms with van der Waals surface area (Å²) in [5.74, 6) is -0.993. The summed E-state index contributed by atoms with van der Waals surface area (Å²) >= 11 is 6.42. The van der Waals surface area contributed by atoms with Crippen LogP contribution >= 0.6 is 23.6 Å². The number of thiocarbonyl (C=S) groups is 1. The zero-order chi connectivity index (χ0) is 19.8. The first-order valence-corrected chi connectivity index (χ1v) is 9.61. The molecule has 2 heterocycles. The number of pyridine rings is 1. The van der Waals surface area contributed by atoms with Crippen LogP contribution in [0.5, 0.6) is 0 Å². The van der Waals surface area contributed by atoms with E-state index in [9.17, 15) is 9.59 Å². The van der Waals surface area contributed by atoms with E-state index in [1.807, 2.05) is 12.1 Å². The third kappa shape index (κ3) is 5.48. The van der Waals surface area contributed by atoms with Crippen LogP contribution in [0.15, 0.2) is 24.5 Å². The Hall–Kier alpha value is -2.52. The number of hydrogen-bond acceptors (Lipinski definition) is 7. The van der Waals surface area contributed by atoms with Crippen LogP contribution < -0.4 is 10.6 Å². The Bertz CT molecular complexity index is 822. The topological polar surface area (TPSA) is 89.5 Å². The van der Waals surface area contributed by atoms with Crippen LogP contribution in [-0.2, 0) is 16.0 Å². The fourth-order valence-corrected chi connectivity index (χ4v) is 3.61. The molecule has 9 heteroatoms. The molecular weight excluding hydrogens is 386 g/mol. The second-order valence-electron chi connectivity index (χ2n) is 5.37. The lowest BCUT2D eigenvalue weighted by Crippen LogP contribution is -2.28. The minimum absolute atomic E-state index is 0.228. The molecule has 0 aliphatic rings. The maximum atomic E-state index is 12.4. The van der Waals surface area contributed by atoms with Gasteiger partial charge < -0.3 is 20.1 Å². The lowest BCUT2D eigenvalue weighted by molar-refractivity contribution is 0.0527. The summed E-state index contributed by atoms with van der Waals surface area (Å²) in [5.41, 5.74) is 1.76. The molecule has 0 bridgehead atoms. The van der Waals surface area contributed by atoms with Gasteiger partial charge in [0, 0.05) is 18.9 Å². The molecule has 0 spiro atoms. The van der Waals surface area contributed by atoms with E-state index in [0.717, 1.165) is 16.9 Å². The predicted octanol–water partition coefficient (Wildman–Crippen LogP) is 3.29. The molecule has 0 fully saturated rings. The van der Waals surface area contributed by atoms with Crippen molar-refractivity contribution < 1.29 is 19.1 Å². The fourth-order valence-electron chi connectivity index (χ4n) is 2.27. The average molecular weight is 408 g/mol. The summed E-state index contributed by atoms with van der Waals surface area (Å²) in [6.45, 7) is 6.09. The van der Waals surface area contributed by atoms with Crippen LogP contribution in [0.25, 0.3) is 0 Å². The number of rotatable bonds is 7. The molecule has 144 valence electrons. The van der Waals surface area contributed by atoms with E-state index in [-0.39, 0.29) is 18.8 Å². The number of carbonyl (C=O) groups is 2. The minimum Gasteiger partial charge on any atom is -0.462 e. The maximum absolute atomic E-state index is 12.4. The fraction of sp³-hybridized carbons (Fsp3) is 0.333. The summed E-state index contributed by atoms with van der Waals surface area (Å²) < 4.78 is 10.2. The molecule has 0 saturated heterocycles. The van der Waals surface area contributed by atoms with Crippen LogP contribution in [0.2, 0.25) is 0 Å². The Morgan fingerprint density at radius 2 is 1.93 bits per heavy atom.